The van der Waals surface area contributed by atoms with Crippen molar-refractivity contribution in [3.8, 4) is 0 Å². The Balaban J connectivity index is 2.38. The number of rotatable bonds is 4. The molecular weight excluding hydrogens is 433 g/mol. The van der Waals surface area contributed by atoms with Gasteiger partial charge in [0.2, 0.25) is 0 Å². The molecule has 1 atom stereocenters. The fourth-order valence-corrected chi connectivity index (χ4v) is 3.89. The lowest BCUT2D eigenvalue weighted by Crippen LogP contribution is -2.31. The lowest BCUT2D eigenvalue weighted by Gasteiger charge is -2.21. The van der Waals surface area contributed by atoms with E-state index in [-0.39, 0.29) is 5.56 Å². The zero-order valence-corrected chi connectivity index (χ0v) is 14.5. The van der Waals surface area contributed by atoms with Crippen LogP contribution in [0, 0.1) is 0 Å². The van der Waals surface area contributed by atoms with Crippen molar-refractivity contribution in [2.24, 2.45) is 5.84 Å². The first-order valence-electron chi connectivity index (χ1n) is 5.88. The maximum absolute atomic E-state index is 13.2. The quantitative estimate of drug-likeness (QED) is 0.513. The topological polar surface area (TPSA) is 38.0 Å². The van der Waals surface area contributed by atoms with Gasteiger partial charge in [-0.15, -0.1) is 11.3 Å². The van der Waals surface area contributed by atoms with Crippen LogP contribution in [0.1, 0.15) is 22.0 Å². The fourth-order valence-electron chi connectivity index (χ4n) is 2.00. The zero-order valence-electron chi connectivity index (χ0n) is 10.5. The van der Waals surface area contributed by atoms with Crippen LogP contribution in [0.3, 0.4) is 0 Å². The summed E-state index contributed by atoms with van der Waals surface area (Å²) in [4.78, 5) is 0.945. The van der Waals surface area contributed by atoms with Gasteiger partial charge < -0.3 is 0 Å². The highest BCUT2D eigenvalue weighted by molar-refractivity contribution is 9.11. The molecule has 0 aliphatic heterocycles. The number of hydrogen-bond donors (Lipinski definition) is 2. The first-order chi connectivity index (χ1) is 9.81. The van der Waals surface area contributed by atoms with Gasteiger partial charge in [0.1, 0.15) is 0 Å². The number of thiophene rings is 1. The number of nitrogens with two attached hydrogens (primary N) is 1. The van der Waals surface area contributed by atoms with Crippen molar-refractivity contribution in [3.63, 3.8) is 0 Å². The molecule has 0 aliphatic carbocycles. The third kappa shape index (κ3) is 4.29. The fraction of sp³-hybridized carbons (Fsp3) is 0.231. The minimum atomic E-state index is -4.43. The van der Waals surface area contributed by atoms with Crippen LogP contribution >= 0.6 is 43.2 Å². The Morgan fingerprint density at radius 2 is 1.90 bits per heavy atom. The van der Waals surface area contributed by atoms with Gasteiger partial charge >= 0.3 is 6.18 Å². The largest absolute Gasteiger partial charge is 0.416 e. The molecule has 1 aromatic carbocycles. The molecule has 0 spiro atoms. The third-order valence-corrected chi connectivity index (χ3v) is 5.07. The summed E-state index contributed by atoms with van der Waals surface area (Å²) in [5.41, 5.74) is 1.94. The number of hydrazine groups is 1. The molecule has 0 fully saturated rings. The monoisotopic (exact) mass is 442 g/mol. The number of alkyl halides is 3. The minimum Gasteiger partial charge on any atom is -0.271 e. The molecule has 2 aromatic rings. The highest BCUT2D eigenvalue weighted by Gasteiger charge is 2.35. The van der Waals surface area contributed by atoms with Gasteiger partial charge in [0, 0.05) is 15.8 Å². The maximum atomic E-state index is 13.2. The lowest BCUT2D eigenvalue weighted by molar-refractivity contribution is -0.138. The molecular formula is C13H11Br2F3N2S. The van der Waals surface area contributed by atoms with E-state index in [1.54, 1.807) is 6.07 Å². The number of nitrogens with one attached hydrogen (secondary N) is 1. The predicted octanol–water partition coefficient (Wildman–Crippen LogP) is 5.04. The number of hydrogen-bond acceptors (Lipinski definition) is 3. The van der Waals surface area contributed by atoms with E-state index in [4.69, 9.17) is 5.84 Å². The third-order valence-electron chi connectivity index (χ3n) is 2.93. The molecule has 3 N–H and O–H groups in total. The number of benzene rings is 1. The summed E-state index contributed by atoms with van der Waals surface area (Å²) in [7, 11) is 0. The lowest BCUT2D eigenvalue weighted by atomic mass is 9.97. The van der Waals surface area contributed by atoms with Gasteiger partial charge in [-0.25, -0.2) is 0 Å². The van der Waals surface area contributed by atoms with Crippen LogP contribution in [-0.4, -0.2) is 0 Å². The summed E-state index contributed by atoms with van der Waals surface area (Å²) in [6, 6.07) is 7.22. The van der Waals surface area contributed by atoms with Crippen molar-refractivity contribution in [3.05, 3.63) is 54.6 Å². The normalized spacial score (nSPS) is 13.4. The van der Waals surface area contributed by atoms with Crippen LogP contribution in [-0.2, 0) is 12.6 Å². The minimum absolute atomic E-state index is 0.137. The van der Waals surface area contributed by atoms with Crippen LogP contribution < -0.4 is 11.3 Å². The van der Waals surface area contributed by atoms with Crippen LogP contribution in [0.4, 0.5) is 13.2 Å². The molecule has 114 valence electrons. The summed E-state index contributed by atoms with van der Waals surface area (Å²) >= 11 is 7.88. The van der Waals surface area contributed by atoms with E-state index in [2.05, 4.69) is 37.3 Å². The zero-order chi connectivity index (χ0) is 15.6. The van der Waals surface area contributed by atoms with E-state index in [0.717, 1.165) is 14.7 Å². The van der Waals surface area contributed by atoms with Gasteiger partial charge in [0.25, 0.3) is 0 Å². The van der Waals surface area contributed by atoms with Crippen molar-refractivity contribution in [1.29, 1.82) is 0 Å². The maximum Gasteiger partial charge on any atom is 0.416 e. The van der Waals surface area contributed by atoms with Crippen molar-refractivity contribution in [1.82, 2.24) is 5.43 Å². The van der Waals surface area contributed by atoms with Crippen molar-refractivity contribution in [2.45, 2.75) is 18.6 Å². The number of halogens is 5. The van der Waals surface area contributed by atoms with Crippen LogP contribution in [0.25, 0.3) is 0 Å². The Bertz CT molecular complexity index is 628. The van der Waals surface area contributed by atoms with Gasteiger partial charge in [-0.3, -0.25) is 11.3 Å². The van der Waals surface area contributed by atoms with Gasteiger partial charge in [-0.2, -0.15) is 13.2 Å². The Kier molecular flexibility index (Phi) is 5.48. The van der Waals surface area contributed by atoms with E-state index >= 15 is 0 Å². The molecule has 21 heavy (non-hydrogen) atoms. The molecule has 0 bridgehead atoms. The van der Waals surface area contributed by atoms with Gasteiger partial charge in [-0.1, -0.05) is 22.0 Å². The van der Waals surface area contributed by atoms with Crippen LogP contribution in [0.15, 0.2) is 38.6 Å². The summed E-state index contributed by atoms with van der Waals surface area (Å²) in [6.45, 7) is 0. The molecule has 8 heteroatoms. The molecule has 1 unspecified atom stereocenters. The average molecular weight is 444 g/mol. The molecule has 2 rings (SSSR count). The van der Waals surface area contributed by atoms with E-state index in [9.17, 15) is 13.2 Å². The highest BCUT2D eigenvalue weighted by Crippen LogP contribution is 2.37. The van der Waals surface area contributed by atoms with Crippen molar-refractivity contribution >= 4 is 43.2 Å². The Labute approximate surface area is 140 Å². The standard InChI is InChI=1S/C13H11Br2F3N2S/c14-7-1-3-9(10(5-7)13(16,17)18)11(20-19)6-8-2-4-12(15)21-8/h1-5,11,20H,6,19H2. The average Bonchev–Trinajstić information content (AvgIpc) is 2.81. The second-order valence-corrected chi connectivity index (χ2v) is 7.82. The van der Waals surface area contributed by atoms with Gasteiger partial charge in [0.15, 0.2) is 0 Å². The smallest absolute Gasteiger partial charge is 0.271 e. The van der Waals surface area contributed by atoms with E-state index < -0.39 is 17.8 Å². The Morgan fingerprint density at radius 1 is 1.19 bits per heavy atom. The first-order valence-corrected chi connectivity index (χ1v) is 8.28. The summed E-state index contributed by atoms with van der Waals surface area (Å²) in [6.07, 6.45) is -4.04. The predicted molar refractivity (Wildman–Crippen MR) is 84.9 cm³/mol. The van der Waals surface area contributed by atoms with E-state index in [0.29, 0.717) is 10.9 Å². The van der Waals surface area contributed by atoms with E-state index in [1.165, 1.54) is 17.4 Å². The summed E-state index contributed by atoms with van der Waals surface area (Å²) in [5, 5.41) is 0. The molecule has 0 radical (unpaired) electrons. The highest BCUT2D eigenvalue weighted by atomic mass is 79.9. The summed E-state index contributed by atoms with van der Waals surface area (Å²) < 4.78 is 40.8. The molecule has 0 saturated carbocycles. The van der Waals surface area contributed by atoms with Crippen LogP contribution in [0.2, 0.25) is 0 Å². The van der Waals surface area contributed by atoms with Gasteiger partial charge in [-0.05, 0) is 45.8 Å². The van der Waals surface area contributed by atoms with Gasteiger partial charge in [0.05, 0.1) is 15.4 Å². The van der Waals surface area contributed by atoms with Crippen LogP contribution in [0.5, 0.6) is 0 Å². The molecule has 0 amide bonds. The SMILES string of the molecule is NNC(Cc1ccc(Br)s1)c1ccc(Br)cc1C(F)(F)F. The molecule has 1 heterocycles. The molecule has 2 nitrogen and oxygen atoms in total. The summed E-state index contributed by atoms with van der Waals surface area (Å²) in [5.74, 6) is 5.47. The van der Waals surface area contributed by atoms with E-state index in [1.807, 2.05) is 12.1 Å². The van der Waals surface area contributed by atoms with Crippen molar-refractivity contribution in [2.75, 3.05) is 0 Å². The van der Waals surface area contributed by atoms with Crippen molar-refractivity contribution < 1.29 is 13.2 Å². The second kappa shape index (κ2) is 6.78. The Morgan fingerprint density at radius 3 is 2.43 bits per heavy atom. The molecule has 1 aromatic heterocycles. The molecule has 0 aliphatic rings. The molecule has 0 saturated heterocycles. The Hall–Kier alpha value is -0.410. The second-order valence-electron chi connectivity index (χ2n) is 4.36. The first kappa shape index (κ1) is 17.0.